The Labute approximate surface area is 124 Å². The van der Waals surface area contributed by atoms with Crippen LogP contribution in [0.4, 0.5) is 0 Å². The van der Waals surface area contributed by atoms with Gasteiger partial charge in [0.2, 0.25) is 0 Å². The molecule has 1 aromatic carbocycles. The lowest BCUT2D eigenvalue weighted by Gasteiger charge is -2.04. The Kier molecular flexibility index (Phi) is 5.31. The second-order valence-electron chi connectivity index (χ2n) is 4.86. The zero-order valence-electron chi connectivity index (χ0n) is 11.6. The van der Waals surface area contributed by atoms with Crippen molar-refractivity contribution >= 4 is 16.8 Å². The maximum Gasteiger partial charge on any atom is 0.253 e. The number of nitrogens with zero attached hydrogens (tertiary/aromatic N) is 1. The molecule has 1 heterocycles. The summed E-state index contributed by atoms with van der Waals surface area (Å²) in [4.78, 5) is 15.3. The van der Waals surface area contributed by atoms with Crippen molar-refractivity contribution in [1.29, 1.82) is 0 Å². The Bertz CT molecular complexity index is 561. The molecule has 0 aliphatic rings. The van der Waals surface area contributed by atoms with Crippen LogP contribution in [0.5, 0.6) is 0 Å². The standard InChI is InChI=1S/C17H18ClNO/c1-2-3-4-5-13-6-8-14(9-7-13)16-11-10-15(12-19-16)17(18)20/h6-12H,2-5H2,1H3. The Morgan fingerprint density at radius 2 is 1.85 bits per heavy atom. The Hall–Kier alpha value is -1.67. The van der Waals surface area contributed by atoms with Crippen molar-refractivity contribution < 1.29 is 4.79 Å². The lowest BCUT2D eigenvalue weighted by molar-refractivity contribution is 0.108. The van der Waals surface area contributed by atoms with Crippen LogP contribution >= 0.6 is 11.6 Å². The zero-order valence-corrected chi connectivity index (χ0v) is 12.4. The molecular formula is C17H18ClNO. The molecule has 0 spiro atoms. The van der Waals surface area contributed by atoms with Crippen LogP contribution in [0.2, 0.25) is 0 Å². The topological polar surface area (TPSA) is 30.0 Å². The highest BCUT2D eigenvalue weighted by Crippen LogP contribution is 2.19. The number of carbonyl (C=O) groups is 1. The summed E-state index contributed by atoms with van der Waals surface area (Å²) in [5, 5.41) is -0.477. The van der Waals surface area contributed by atoms with Gasteiger partial charge in [0.05, 0.1) is 11.3 Å². The molecule has 0 bridgehead atoms. The zero-order chi connectivity index (χ0) is 14.4. The van der Waals surface area contributed by atoms with E-state index in [9.17, 15) is 4.79 Å². The summed E-state index contributed by atoms with van der Waals surface area (Å²) in [6.45, 7) is 2.21. The van der Waals surface area contributed by atoms with Gasteiger partial charge in [-0.15, -0.1) is 0 Å². The van der Waals surface area contributed by atoms with Crippen molar-refractivity contribution in [1.82, 2.24) is 4.98 Å². The first-order valence-corrected chi connectivity index (χ1v) is 7.33. The molecule has 0 unspecified atom stereocenters. The van der Waals surface area contributed by atoms with Crippen molar-refractivity contribution in [2.24, 2.45) is 0 Å². The average Bonchev–Trinajstić information content (AvgIpc) is 2.48. The molecule has 2 aromatic rings. The summed E-state index contributed by atoms with van der Waals surface area (Å²) in [6, 6.07) is 12.0. The number of benzene rings is 1. The van der Waals surface area contributed by atoms with Crippen molar-refractivity contribution in [2.75, 3.05) is 0 Å². The lowest BCUT2D eigenvalue weighted by Crippen LogP contribution is -1.92. The number of carbonyl (C=O) groups excluding carboxylic acids is 1. The van der Waals surface area contributed by atoms with E-state index in [4.69, 9.17) is 11.6 Å². The van der Waals surface area contributed by atoms with Gasteiger partial charge < -0.3 is 0 Å². The van der Waals surface area contributed by atoms with Gasteiger partial charge in [0.15, 0.2) is 0 Å². The van der Waals surface area contributed by atoms with E-state index < -0.39 is 5.24 Å². The van der Waals surface area contributed by atoms with Crippen molar-refractivity contribution in [2.45, 2.75) is 32.6 Å². The van der Waals surface area contributed by atoms with Crippen molar-refractivity contribution in [3.8, 4) is 11.3 Å². The molecule has 3 heteroatoms. The highest BCUT2D eigenvalue weighted by molar-refractivity contribution is 6.67. The number of pyridine rings is 1. The minimum atomic E-state index is -0.477. The van der Waals surface area contributed by atoms with E-state index in [2.05, 4.69) is 36.2 Å². The van der Waals surface area contributed by atoms with Gasteiger partial charge in [0.1, 0.15) is 0 Å². The van der Waals surface area contributed by atoms with E-state index in [1.54, 1.807) is 6.07 Å². The van der Waals surface area contributed by atoms with Crippen LogP contribution in [0.1, 0.15) is 42.1 Å². The second kappa shape index (κ2) is 7.20. The minimum absolute atomic E-state index is 0.423. The van der Waals surface area contributed by atoms with Gasteiger partial charge >= 0.3 is 0 Å². The average molecular weight is 288 g/mol. The Morgan fingerprint density at radius 1 is 1.10 bits per heavy atom. The van der Waals surface area contributed by atoms with Gasteiger partial charge in [0, 0.05) is 11.8 Å². The quantitative estimate of drug-likeness (QED) is 0.561. The number of aromatic nitrogens is 1. The third-order valence-corrected chi connectivity index (χ3v) is 3.53. The summed E-state index contributed by atoms with van der Waals surface area (Å²) < 4.78 is 0. The molecule has 2 rings (SSSR count). The highest BCUT2D eigenvalue weighted by atomic mass is 35.5. The van der Waals surface area contributed by atoms with Gasteiger partial charge in [-0.1, -0.05) is 44.0 Å². The Balaban J connectivity index is 2.07. The minimum Gasteiger partial charge on any atom is -0.276 e. The third kappa shape index (κ3) is 3.91. The molecule has 2 nitrogen and oxygen atoms in total. The number of hydrogen-bond donors (Lipinski definition) is 0. The van der Waals surface area contributed by atoms with Gasteiger partial charge in [-0.05, 0) is 42.1 Å². The van der Waals surface area contributed by atoms with Crippen molar-refractivity contribution in [3.05, 3.63) is 53.7 Å². The van der Waals surface area contributed by atoms with Gasteiger partial charge in [-0.2, -0.15) is 0 Å². The van der Waals surface area contributed by atoms with Gasteiger partial charge in [-0.25, -0.2) is 0 Å². The van der Waals surface area contributed by atoms with Crippen LogP contribution in [0, 0.1) is 0 Å². The fourth-order valence-electron chi connectivity index (χ4n) is 2.10. The van der Waals surface area contributed by atoms with Crippen LogP contribution < -0.4 is 0 Å². The van der Waals surface area contributed by atoms with E-state index in [1.165, 1.54) is 31.0 Å². The summed E-state index contributed by atoms with van der Waals surface area (Å²) in [5.74, 6) is 0. The van der Waals surface area contributed by atoms with E-state index in [0.717, 1.165) is 17.7 Å². The molecule has 0 radical (unpaired) electrons. The smallest absolute Gasteiger partial charge is 0.253 e. The number of unbranched alkanes of at least 4 members (excludes halogenated alkanes) is 2. The first-order chi connectivity index (χ1) is 9.70. The fraction of sp³-hybridized carbons (Fsp3) is 0.294. The molecule has 20 heavy (non-hydrogen) atoms. The molecular weight excluding hydrogens is 270 g/mol. The predicted octanol–water partition coefficient (Wildman–Crippen LogP) is 4.86. The lowest BCUT2D eigenvalue weighted by atomic mass is 10.0. The van der Waals surface area contributed by atoms with Crippen molar-refractivity contribution in [3.63, 3.8) is 0 Å². The first-order valence-electron chi connectivity index (χ1n) is 6.96. The fourth-order valence-corrected chi connectivity index (χ4v) is 2.21. The number of aryl methyl sites for hydroxylation is 1. The van der Waals surface area contributed by atoms with Crippen LogP contribution in [-0.2, 0) is 6.42 Å². The van der Waals surface area contributed by atoms with Crippen LogP contribution in [-0.4, -0.2) is 10.2 Å². The molecule has 0 saturated carbocycles. The number of halogens is 1. The van der Waals surface area contributed by atoms with Crippen LogP contribution in [0.3, 0.4) is 0 Å². The summed E-state index contributed by atoms with van der Waals surface area (Å²) in [6.07, 6.45) is 6.40. The normalized spacial score (nSPS) is 10.5. The van der Waals surface area contributed by atoms with E-state index >= 15 is 0 Å². The molecule has 104 valence electrons. The third-order valence-electron chi connectivity index (χ3n) is 3.31. The SMILES string of the molecule is CCCCCc1ccc(-c2ccc(C(=O)Cl)cn2)cc1. The van der Waals surface area contributed by atoms with E-state index in [0.29, 0.717) is 5.56 Å². The highest BCUT2D eigenvalue weighted by Gasteiger charge is 2.04. The van der Waals surface area contributed by atoms with E-state index in [1.807, 2.05) is 6.07 Å². The largest absolute Gasteiger partial charge is 0.276 e. The second-order valence-corrected chi connectivity index (χ2v) is 5.20. The molecule has 0 amide bonds. The molecule has 0 aliphatic heterocycles. The monoisotopic (exact) mass is 287 g/mol. The molecule has 0 fully saturated rings. The number of rotatable bonds is 6. The Morgan fingerprint density at radius 3 is 2.40 bits per heavy atom. The maximum atomic E-state index is 11.0. The predicted molar refractivity (Wildman–Crippen MR) is 83.1 cm³/mol. The molecule has 0 saturated heterocycles. The van der Waals surface area contributed by atoms with Crippen LogP contribution in [0.15, 0.2) is 42.6 Å². The molecule has 0 aliphatic carbocycles. The summed E-state index contributed by atoms with van der Waals surface area (Å²) >= 11 is 5.40. The van der Waals surface area contributed by atoms with Gasteiger partial charge in [-0.3, -0.25) is 9.78 Å². The van der Waals surface area contributed by atoms with Crippen LogP contribution in [0.25, 0.3) is 11.3 Å². The maximum absolute atomic E-state index is 11.0. The molecule has 1 aromatic heterocycles. The molecule has 0 N–H and O–H groups in total. The van der Waals surface area contributed by atoms with E-state index in [-0.39, 0.29) is 0 Å². The summed E-state index contributed by atoms with van der Waals surface area (Å²) in [7, 11) is 0. The summed E-state index contributed by atoms with van der Waals surface area (Å²) in [5.41, 5.74) is 3.69. The molecule has 0 atom stereocenters. The first kappa shape index (κ1) is 14.7. The number of hydrogen-bond acceptors (Lipinski definition) is 2. The van der Waals surface area contributed by atoms with Gasteiger partial charge in [0.25, 0.3) is 5.24 Å².